The van der Waals surface area contributed by atoms with E-state index in [1.54, 1.807) is 19.2 Å². The smallest absolute Gasteiger partial charge is 0.244 e. The van der Waals surface area contributed by atoms with Crippen molar-refractivity contribution in [3.8, 4) is 6.07 Å². The van der Waals surface area contributed by atoms with Gasteiger partial charge in [-0.15, -0.1) is 0 Å². The summed E-state index contributed by atoms with van der Waals surface area (Å²) < 4.78 is 31.7. The highest BCUT2D eigenvalue weighted by Gasteiger charge is 2.30. The monoisotopic (exact) mass is 294 g/mol. The van der Waals surface area contributed by atoms with Crippen molar-refractivity contribution in [2.24, 2.45) is 5.92 Å². The Morgan fingerprint density at radius 1 is 1.35 bits per heavy atom. The van der Waals surface area contributed by atoms with Crippen LogP contribution in [0, 0.1) is 17.2 Å². The third kappa shape index (κ3) is 3.01. The molecule has 0 N–H and O–H groups in total. The summed E-state index contributed by atoms with van der Waals surface area (Å²) in [5.74, 6) is 0.415. The highest BCUT2D eigenvalue weighted by atomic mass is 32.2. The maximum Gasteiger partial charge on any atom is 0.244 e. The van der Waals surface area contributed by atoms with Crippen molar-refractivity contribution in [2.75, 3.05) is 26.8 Å². The lowest BCUT2D eigenvalue weighted by Crippen LogP contribution is -2.39. The number of nitrogens with zero attached hydrogens (tertiary/aromatic N) is 2. The van der Waals surface area contributed by atoms with Crippen LogP contribution >= 0.6 is 0 Å². The molecule has 0 spiro atoms. The van der Waals surface area contributed by atoms with Crippen LogP contribution in [0.25, 0.3) is 0 Å². The molecule has 1 heterocycles. The Morgan fingerprint density at radius 2 is 2.00 bits per heavy atom. The van der Waals surface area contributed by atoms with E-state index in [-0.39, 0.29) is 10.5 Å². The molecule has 0 saturated carbocycles. The Labute approximate surface area is 119 Å². The van der Waals surface area contributed by atoms with Gasteiger partial charge in [0.1, 0.15) is 6.07 Å². The fourth-order valence-electron chi connectivity index (χ4n) is 2.48. The topological polar surface area (TPSA) is 70.4 Å². The number of hydrogen-bond acceptors (Lipinski definition) is 4. The number of benzene rings is 1. The molecule has 1 aliphatic rings. The normalized spacial score (nSPS) is 17.8. The van der Waals surface area contributed by atoms with Crippen LogP contribution in [-0.4, -0.2) is 39.5 Å². The van der Waals surface area contributed by atoms with Crippen molar-refractivity contribution in [1.82, 2.24) is 4.31 Å². The molecule has 0 bridgehead atoms. The van der Waals surface area contributed by atoms with Gasteiger partial charge in [0.2, 0.25) is 10.0 Å². The molecular formula is C14H18N2O3S. The van der Waals surface area contributed by atoms with Crippen molar-refractivity contribution < 1.29 is 13.2 Å². The lowest BCUT2D eigenvalue weighted by Gasteiger charge is -2.31. The van der Waals surface area contributed by atoms with Crippen LogP contribution < -0.4 is 0 Å². The van der Waals surface area contributed by atoms with Gasteiger partial charge in [0.15, 0.2) is 0 Å². The summed E-state index contributed by atoms with van der Waals surface area (Å²) in [6, 6.07) is 8.28. The average Bonchev–Trinajstić information content (AvgIpc) is 2.48. The molecule has 1 fully saturated rings. The van der Waals surface area contributed by atoms with Crippen molar-refractivity contribution in [2.45, 2.75) is 17.7 Å². The summed E-state index contributed by atoms with van der Waals surface area (Å²) >= 11 is 0. The summed E-state index contributed by atoms with van der Waals surface area (Å²) in [6.07, 6.45) is 1.59. The van der Waals surface area contributed by atoms with E-state index < -0.39 is 10.0 Å². The van der Waals surface area contributed by atoms with Crippen LogP contribution in [0.4, 0.5) is 0 Å². The molecular weight excluding hydrogens is 276 g/mol. The first-order valence-corrected chi connectivity index (χ1v) is 8.02. The van der Waals surface area contributed by atoms with Crippen LogP contribution in [0.5, 0.6) is 0 Å². The van der Waals surface area contributed by atoms with Gasteiger partial charge in [0.25, 0.3) is 0 Å². The van der Waals surface area contributed by atoms with E-state index in [1.165, 1.54) is 16.4 Å². The van der Waals surface area contributed by atoms with Crippen LogP contribution in [0.1, 0.15) is 18.4 Å². The van der Waals surface area contributed by atoms with Crippen molar-refractivity contribution in [1.29, 1.82) is 5.26 Å². The third-order valence-corrected chi connectivity index (χ3v) is 5.56. The molecule has 20 heavy (non-hydrogen) atoms. The SMILES string of the molecule is COCC1CCN(S(=O)(=O)c2ccccc2C#N)CC1. The minimum absolute atomic E-state index is 0.104. The standard InChI is InChI=1S/C14H18N2O3S/c1-19-11-12-6-8-16(9-7-12)20(17,18)14-5-3-2-4-13(14)10-15/h2-5,12H,6-9,11H2,1H3. The second-order valence-electron chi connectivity index (χ2n) is 4.91. The van der Waals surface area contributed by atoms with Gasteiger partial charge >= 0.3 is 0 Å². The van der Waals surface area contributed by atoms with Crippen LogP contribution in [0.15, 0.2) is 29.2 Å². The first-order valence-electron chi connectivity index (χ1n) is 6.58. The number of ether oxygens (including phenoxy) is 1. The molecule has 0 aliphatic carbocycles. The molecule has 0 atom stereocenters. The number of sulfonamides is 1. The Hall–Kier alpha value is -1.42. The number of methoxy groups -OCH3 is 1. The molecule has 1 saturated heterocycles. The Balaban J connectivity index is 2.18. The first kappa shape index (κ1) is 15.0. The fourth-order valence-corrected chi connectivity index (χ4v) is 4.09. The predicted octanol–water partition coefficient (Wildman–Crippen LogP) is 1.61. The van der Waals surface area contributed by atoms with Gasteiger partial charge in [0.05, 0.1) is 10.5 Å². The predicted molar refractivity (Wildman–Crippen MR) is 74.5 cm³/mol. The quantitative estimate of drug-likeness (QED) is 0.846. The van der Waals surface area contributed by atoms with E-state index in [9.17, 15) is 8.42 Å². The molecule has 2 rings (SSSR count). The molecule has 1 aromatic rings. The van der Waals surface area contributed by atoms with Crippen LogP contribution in [-0.2, 0) is 14.8 Å². The number of hydrogen-bond donors (Lipinski definition) is 0. The zero-order valence-electron chi connectivity index (χ0n) is 11.4. The number of rotatable bonds is 4. The fraction of sp³-hybridized carbons (Fsp3) is 0.500. The summed E-state index contributed by atoms with van der Waals surface area (Å²) in [5.41, 5.74) is 0.200. The lowest BCUT2D eigenvalue weighted by atomic mass is 9.99. The second kappa shape index (κ2) is 6.35. The van der Waals surface area contributed by atoms with E-state index in [2.05, 4.69) is 0 Å². The Morgan fingerprint density at radius 3 is 2.60 bits per heavy atom. The molecule has 5 nitrogen and oxygen atoms in total. The van der Waals surface area contributed by atoms with Gasteiger partial charge in [-0.25, -0.2) is 8.42 Å². The minimum Gasteiger partial charge on any atom is -0.384 e. The molecule has 0 aromatic heterocycles. The van der Waals surface area contributed by atoms with Gasteiger partial charge in [0, 0.05) is 26.8 Å². The second-order valence-corrected chi connectivity index (χ2v) is 6.82. The third-order valence-electron chi connectivity index (χ3n) is 3.60. The minimum atomic E-state index is -3.57. The van der Waals surface area contributed by atoms with Crippen molar-refractivity contribution in [3.63, 3.8) is 0 Å². The van der Waals surface area contributed by atoms with E-state index in [0.29, 0.717) is 25.6 Å². The summed E-state index contributed by atoms with van der Waals surface area (Å²) in [4.78, 5) is 0.104. The van der Waals surface area contributed by atoms with Crippen LogP contribution in [0.3, 0.4) is 0 Å². The highest BCUT2D eigenvalue weighted by Crippen LogP contribution is 2.25. The maximum atomic E-state index is 12.6. The zero-order valence-corrected chi connectivity index (χ0v) is 12.3. The van der Waals surface area contributed by atoms with E-state index >= 15 is 0 Å². The van der Waals surface area contributed by atoms with Gasteiger partial charge in [-0.1, -0.05) is 12.1 Å². The molecule has 0 radical (unpaired) electrons. The van der Waals surface area contributed by atoms with Gasteiger partial charge in [-0.3, -0.25) is 0 Å². The first-order chi connectivity index (χ1) is 9.59. The summed E-state index contributed by atoms with van der Waals surface area (Å²) in [6.45, 7) is 1.63. The highest BCUT2D eigenvalue weighted by molar-refractivity contribution is 7.89. The van der Waals surface area contributed by atoms with E-state index in [4.69, 9.17) is 10.00 Å². The Bertz CT molecular complexity index is 599. The lowest BCUT2D eigenvalue weighted by molar-refractivity contribution is 0.121. The molecule has 1 aliphatic heterocycles. The molecule has 0 amide bonds. The molecule has 6 heteroatoms. The van der Waals surface area contributed by atoms with Gasteiger partial charge < -0.3 is 4.74 Å². The van der Waals surface area contributed by atoms with Gasteiger partial charge in [-0.2, -0.15) is 9.57 Å². The summed E-state index contributed by atoms with van der Waals surface area (Å²) in [5, 5.41) is 9.04. The molecule has 1 aromatic carbocycles. The number of piperidine rings is 1. The summed E-state index contributed by atoms with van der Waals surface area (Å²) in [7, 11) is -1.91. The largest absolute Gasteiger partial charge is 0.384 e. The van der Waals surface area contributed by atoms with E-state index in [0.717, 1.165) is 12.8 Å². The van der Waals surface area contributed by atoms with Crippen molar-refractivity contribution >= 4 is 10.0 Å². The Kier molecular flexibility index (Phi) is 4.76. The van der Waals surface area contributed by atoms with Crippen LogP contribution in [0.2, 0.25) is 0 Å². The molecule has 108 valence electrons. The van der Waals surface area contributed by atoms with Crippen molar-refractivity contribution in [3.05, 3.63) is 29.8 Å². The average molecular weight is 294 g/mol. The van der Waals surface area contributed by atoms with Gasteiger partial charge in [-0.05, 0) is 30.9 Å². The van der Waals surface area contributed by atoms with E-state index in [1.807, 2.05) is 6.07 Å². The maximum absolute atomic E-state index is 12.6. The number of nitriles is 1. The zero-order chi connectivity index (χ0) is 14.6. The molecule has 0 unspecified atom stereocenters.